The molecule has 0 aromatic heterocycles. The van der Waals surface area contributed by atoms with Crippen LogP contribution in [0.5, 0.6) is 0 Å². The molecular weight excluding hydrogens is 214 g/mol. The number of amides is 1. The monoisotopic (exact) mass is 239 g/mol. The first kappa shape index (κ1) is 12.8. The average Bonchev–Trinajstić information content (AvgIpc) is 2.50. The van der Waals surface area contributed by atoms with Crippen molar-refractivity contribution in [2.75, 3.05) is 13.1 Å². The summed E-state index contributed by atoms with van der Waals surface area (Å²) in [6.07, 6.45) is 4.17. The van der Waals surface area contributed by atoms with E-state index >= 15 is 0 Å². The fourth-order valence-electron chi connectivity index (χ4n) is 3.14. The Bertz CT molecular complexity index is 266. The van der Waals surface area contributed by atoms with Crippen LogP contribution in [0.4, 0.5) is 0 Å². The molecule has 0 aromatic rings. The molecular formula is C13H25N3O. The van der Waals surface area contributed by atoms with E-state index in [0.717, 1.165) is 38.8 Å². The van der Waals surface area contributed by atoms with Gasteiger partial charge in [-0.2, -0.15) is 0 Å². The topological polar surface area (TPSA) is 58.4 Å². The van der Waals surface area contributed by atoms with Gasteiger partial charge in [0.1, 0.15) is 0 Å². The molecule has 1 amide bonds. The maximum atomic E-state index is 12.4. The number of carbonyl (C=O) groups is 1. The van der Waals surface area contributed by atoms with E-state index in [1.165, 1.54) is 0 Å². The molecule has 98 valence electrons. The van der Waals surface area contributed by atoms with Crippen LogP contribution < -0.4 is 11.1 Å². The Kier molecular flexibility index (Phi) is 4.05. The Morgan fingerprint density at radius 2 is 2.06 bits per heavy atom. The minimum Gasteiger partial charge on any atom is -0.334 e. The minimum atomic E-state index is -0.309. The van der Waals surface area contributed by atoms with E-state index in [9.17, 15) is 4.79 Å². The Labute approximate surface area is 104 Å². The molecule has 2 saturated heterocycles. The third kappa shape index (κ3) is 2.80. The molecule has 17 heavy (non-hydrogen) atoms. The van der Waals surface area contributed by atoms with E-state index in [2.05, 4.69) is 24.1 Å². The lowest BCUT2D eigenvalue weighted by atomic mass is 10.0. The van der Waals surface area contributed by atoms with Gasteiger partial charge in [0.25, 0.3) is 0 Å². The van der Waals surface area contributed by atoms with Crippen molar-refractivity contribution in [3.8, 4) is 0 Å². The number of nitrogens with zero attached hydrogens (tertiary/aromatic N) is 1. The van der Waals surface area contributed by atoms with Crippen LogP contribution in [-0.2, 0) is 4.79 Å². The van der Waals surface area contributed by atoms with Crippen molar-refractivity contribution in [2.45, 2.75) is 57.7 Å². The molecule has 0 saturated carbocycles. The van der Waals surface area contributed by atoms with Crippen LogP contribution in [0.25, 0.3) is 0 Å². The summed E-state index contributed by atoms with van der Waals surface area (Å²) in [6, 6.07) is 0.505. The molecule has 0 aliphatic carbocycles. The third-order valence-corrected chi connectivity index (χ3v) is 3.95. The smallest absolute Gasteiger partial charge is 0.240 e. The average molecular weight is 239 g/mol. The Hall–Kier alpha value is -0.610. The summed E-state index contributed by atoms with van der Waals surface area (Å²) in [6.45, 7) is 6.21. The predicted octanol–water partition coefficient (Wildman–Crippen LogP) is 0.713. The largest absolute Gasteiger partial charge is 0.334 e. The highest BCUT2D eigenvalue weighted by molar-refractivity contribution is 5.82. The zero-order chi connectivity index (χ0) is 12.4. The van der Waals surface area contributed by atoms with Gasteiger partial charge in [-0.05, 0) is 38.1 Å². The van der Waals surface area contributed by atoms with Gasteiger partial charge in [0, 0.05) is 18.6 Å². The van der Waals surface area contributed by atoms with Gasteiger partial charge in [0.15, 0.2) is 0 Å². The summed E-state index contributed by atoms with van der Waals surface area (Å²) in [5.74, 6) is 0.659. The Morgan fingerprint density at radius 1 is 1.35 bits per heavy atom. The number of nitrogens with two attached hydrogens (primary N) is 1. The lowest BCUT2D eigenvalue weighted by Gasteiger charge is -2.30. The van der Waals surface area contributed by atoms with Crippen LogP contribution in [0.3, 0.4) is 0 Å². The standard InChI is InChI=1S/C13H25N3O/c1-9(2)7-12(14)13(17)16-10-3-4-11(16)8-15-6-5-10/h9-12,15H,3-8,14H2,1-2H3/t10?,11?,12-/m0/s1. The van der Waals surface area contributed by atoms with Crippen LogP contribution in [0.1, 0.15) is 39.5 Å². The van der Waals surface area contributed by atoms with E-state index in [0.29, 0.717) is 18.0 Å². The molecule has 4 nitrogen and oxygen atoms in total. The highest BCUT2D eigenvalue weighted by Gasteiger charge is 2.39. The summed E-state index contributed by atoms with van der Waals surface area (Å²) < 4.78 is 0. The normalized spacial score (nSPS) is 30.5. The maximum absolute atomic E-state index is 12.4. The second-order valence-corrected chi connectivity index (χ2v) is 5.86. The highest BCUT2D eigenvalue weighted by Crippen LogP contribution is 2.28. The molecule has 3 N–H and O–H groups in total. The van der Waals surface area contributed by atoms with Gasteiger partial charge in [0.05, 0.1) is 6.04 Å². The first-order chi connectivity index (χ1) is 8.09. The number of rotatable bonds is 3. The molecule has 2 rings (SSSR count). The molecule has 4 heteroatoms. The zero-order valence-electron chi connectivity index (χ0n) is 11.0. The minimum absolute atomic E-state index is 0.176. The van der Waals surface area contributed by atoms with Gasteiger partial charge < -0.3 is 16.0 Å². The van der Waals surface area contributed by atoms with Crippen LogP contribution in [0.2, 0.25) is 0 Å². The van der Waals surface area contributed by atoms with E-state index in [-0.39, 0.29) is 11.9 Å². The van der Waals surface area contributed by atoms with Crippen molar-refractivity contribution in [2.24, 2.45) is 11.7 Å². The summed E-state index contributed by atoms with van der Waals surface area (Å²) in [4.78, 5) is 14.5. The summed E-state index contributed by atoms with van der Waals surface area (Å²) in [5, 5.41) is 3.41. The van der Waals surface area contributed by atoms with E-state index in [1.807, 2.05) is 0 Å². The summed E-state index contributed by atoms with van der Waals surface area (Å²) >= 11 is 0. The van der Waals surface area contributed by atoms with Crippen LogP contribution in [0.15, 0.2) is 0 Å². The highest BCUT2D eigenvalue weighted by atomic mass is 16.2. The molecule has 0 radical (unpaired) electrons. The number of nitrogens with one attached hydrogen (secondary N) is 1. The van der Waals surface area contributed by atoms with Crippen molar-refractivity contribution in [1.29, 1.82) is 0 Å². The molecule has 2 fully saturated rings. The van der Waals surface area contributed by atoms with E-state index < -0.39 is 0 Å². The fourth-order valence-corrected chi connectivity index (χ4v) is 3.14. The van der Waals surface area contributed by atoms with E-state index in [4.69, 9.17) is 5.73 Å². The van der Waals surface area contributed by atoms with Gasteiger partial charge in [-0.1, -0.05) is 13.8 Å². The van der Waals surface area contributed by atoms with Crippen molar-refractivity contribution in [3.05, 3.63) is 0 Å². The van der Waals surface area contributed by atoms with Crippen LogP contribution >= 0.6 is 0 Å². The quantitative estimate of drug-likeness (QED) is 0.762. The lowest BCUT2D eigenvalue weighted by Crippen LogP contribution is -2.50. The predicted molar refractivity (Wildman–Crippen MR) is 68.6 cm³/mol. The van der Waals surface area contributed by atoms with Crippen molar-refractivity contribution >= 4 is 5.91 Å². The Morgan fingerprint density at radius 3 is 2.76 bits per heavy atom. The first-order valence-electron chi connectivity index (χ1n) is 6.88. The summed E-state index contributed by atoms with van der Waals surface area (Å²) in [5.41, 5.74) is 6.04. The molecule has 0 spiro atoms. The van der Waals surface area contributed by atoms with Crippen LogP contribution in [0, 0.1) is 5.92 Å². The maximum Gasteiger partial charge on any atom is 0.240 e. The molecule has 2 bridgehead atoms. The van der Waals surface area contributed by atoms with Gasteiger partial charge in [-0.15, -0.1) is 0 Å². The third-order valence-electron chi connectivity index (χ3n) is 3.95. The van der Waals surface area contributed by atoms with Gasteiger partial charge in [-0.3, -0.25) is 4.79 Å². The number of carbonyl (C=O) groups excluding carboxylic acids is 1. The number of hydrogen-bond acceptors (Lipinski definition) is 3. The summed E-state index contributed by atoms with van der Waals surface area (Å²) in [7, 11) is 0. The van der Waals surface area contributed by atoms with Gasteiger partial charge in [0.2, 0.25) is 5.91 Å². The molecule has 2 unspecified atom stereocenters. The molecule has 0 aromatic carbocycles. The molecule has 2 aliphatic heterocycles. The van der Waals surface area contributed by atoms with Crippen molar-refractivity contribution in [1.82, 2.24) is 10.2 Å². The lowest BCUT2D eigenvalue weighted by molar-refractivity contribution is -0.135. The number of hydrogen-bond donors (Lipinski definition) is 2. The molecule has 3 atom stereocenters. The second-order valence-electron chi connectivity index (χ2n) is 5.86. The molecule has 2 aliphatic rings. The zero-order valence-corrected chi connectivity index (χ0v) is 11.0. The van der Waals surface area contributed by atoms with Crippen LogP contribution in [-0.4, -0.2) is 42.0 Å². The Balaban J connectivity index is 2.02. The second kappa shape index (κ2) is 5.36. The van der Waals surface area contributed by atoms with E-state index in [1.54, 1.807) is 0 Å². The SMILES string of the molecule is CC(C)C[C@H](N)C(=O)N1C2CCNCC1CC2. The fraction of sp³-hybridized carbons (Fsp3) is 0.923. The number of fused-ring (bicyclic) bond motifs is 2. The van der Waals surface area contributed by atoms with Crippen molar-refractivity contribution < 1.29 is 4.79 Å². The van der Waals surface area contributed by atoms with Gasteiger partial charge >= 0.3 is 0 Å². The van der Waals surface area contributed by atoms with Gasteiger partial charge in [-0.25, -0.2) is 0 Å². The van der Waals surface area contributed by atoms with Crippen molar-refractivity contribution in [3.63, 3.8) is 0 Å². The molecule has 2 heterocycles. The first-order valence-corrected chi connectivity index (χ1v) is 6.88.